The highest BCUT2D eigenvalue weighted by Crippen LogP contribution is 2.18. The minimum atomic E-state index is -0.879. The fourth-order valence-electron chi connectivity index (χ4n) is 0.615. The zero-order valence-corrected chi connectivity index (χ0v) is 11.5. The molecule has 94 valence electrons. The van der Waals surface area contributed by atoms with Gasteiger partial charge in [0.2, 0.25) is 0 Å². The number of allylic oxidation sites excluding steroid dienone is 4. The lowest BCUT2D eigenvalue weighted by Crippen LogP contribution is -2.05. The van der Waals surface area contributed by atoms with Gasteiger partial charge in [0, 0.05) is 16.9 Å². The molecule has 0 radical (unpaired) electrons. The monoisotopic (exact) mass is 246 g/mol. The molecule has 16 heavy (non-hydrogen) atoms. The van der Waals surface area contributed by atoms with E-state index in [1.54, 1.807) is 13.0 Å². The van der Waals surface area contributed by atoms with Gasteiger partial charge in [-0.05, 0) is 19.4 Å². The number of halogens is 1. The standard InChI is InChI=1S/C11H17FOS.C2H6/c1-4-7-8-11(6-3)14-13-9-10(12)5-2;1-2/h4,6-8,10H,3,5,9H2,1-2H3;1-2H3/b7-4-,11-8+;. The van der Waals surface area contributed by atoms with Crippen LogP contribution in [0, 0.1) is 0 Å². The van der Waals surface area contributed by atoms with Gasteiger partial charge in [-0.1, -0.05) is 45.6 Å². The van der Waals surface area contributed by atoms with E-state index < -0.39 is 6.17 Å². The summed E-state index contributed by atoms with van der Waals surface area (Å²) in [4.78, 5) is 0.881. The summed E-state index contributed by atoms with van der Waals surface area (Å²) in [7, 11) is 0. The van der Waals surface area contributed by atoms with E-state index in [2.05, 4.69) is 6.58 Å². The van der Waals surface area contributed by atoms with Crippen molar-refractivity contribution in [1.82, 2.24) is 0 Å². The molecule has 1 unspecified atom stereocenters. The van der Waals surface area contributed by atoms with Crippen LogP contribution in [-0.2, 0) is 4.18 Å². The largest absolute Gasteiger partial charge is 0.307 e. The average Bonchev–Trinajstić information content (AvgIpc) is 2.35. The molecule has 0 aliphatic heterocycles. The molecule has 0 heterocycles. The third-order valence-corrected chi connectivity index (χ3v) is 2.25. The van der Waals surface area contributed by atoms with E-state index in [0.717, 1.165) is 16.9 Å². The normalized spacial score (nSPS) is 13.2. The van der Waals surface area contributed by atoms with Gasteiger partial charge >= 0.3 is 0 Å². The Balaban J connectivity index is 0. The Labute approximate surface area is 104 Å². The van der Waals surface area contributed by atoms with E-state index >= 15 is 0 Å². The molecule has 1 nitrogen and oxygen atoms in total. The van der Waals surface area contributed by atoms with Crippen molar-refractivity contribution in [2.75, 3.05) is 6.61 Å². The van der Waals surface area contributed by atoms with Crippen LogP contribution >= 0.6 is 12.0 Å². The van der Waals surface area contributed by atoms with Crippen LogP contribution in [0.15, 0.2) is 35.8 Å². The van der Waals surface area contributed by atoms with Crippen molar-refractivity contribution in [1.29, 1.82) is 0 Å². The Kier molecular flexibility index (Phi) is 16.1. The van der Waals surface area contributed by atoms with Crippen molar-refractivity contribution in [2.24, 2.45) is 0 Å². The zero-order valence-electron chi connectivity index (χ0n) is 10.7. The molecule has 0 bridgehead atoms. The van der Waals surface area contributed by atoms with E-state index in [-0.39, 0.29) is 6.61 Å². The van der Waals surface area contributed by atoms with Crippen LogP contribution in [-0.4, -0.2) is 12.8 Å². The predicted molar refractivity (Wildman–Crippen MR) is 73.2 cm³/mol. The molecule has 0 aliphatic rings. The highest BCUT2D eigenvalue weighted by atomic mass is 32.2. The van der Waals surface area contributed by atoms with Crippen molar-refractivity contribution in [3.05, 3.63) is 35.8 Å². The second-order valence-corrected chi connectivity index (χ2v) is 3.55. The lowest BCUT2D eigenvalue weighted by molar-refractivity contribution is 0.215. The van der Waals surface area contributed by atoms with Gasteiger partial charge in [-0.25, -0.2) is 4.39 Å². The van der Waals surface area contributed by atoms with Crippen molar-refractivity contribution in [2.45, 2.75) is 40.3 Å². The van der Waals surface area contributed by atoms with Crippen molar-refractivity contribution >= 4 is 12.0 Å². The number of hydrogen-bond donors (Lipinski definition) is 0. The molecule has 0 aromatic carbocycles. The first-order chi connectivity index (χ1) is 7.74. The molecule has 0 rings (SSSR count). The molecule has 0 saturated carbocycles. The second kappa shape index (κ2) is 14.5. The maximum absolute atomic E-state index is 12.7. The summed E-state index contributed by atoms with van der Waals surface area (Å²) >= 11 is 1.16. The first kappa shape index (κ1) is 17.8. The third-order valence-electron chi connectivity index (χ3n) is 1.50. The van der Waals surface area contributed by atoms with Crippen LogP contribution in [0.2, 0.25) is 0 Å². The van der Waals surface area contributed by atoms with Gasteiger partial charge in [0.1, 0.15) is 6.17 Å². The van der Waals surface area contributed by atoms with E-state index in [0.29, 0.717) is 6.42 Å². The Morgan fingerprint density at radius 2 is 2.12 bits per heavy atom. The van der Waals surface area contributed by atoms with Crippen LogP contribution < -0.4 is 0 Å². The lowest BCUT2D eigenvalue weighted by Gasteiger charge is -2.05. The molecule has 0 saturated heterocycles. The smallest absolute Gasteiger partial charge is 0.124 e. The predicted octanol–water partition coefficient (Wildman–Crippen LogP) is 5.07. The molecule has 3 heteroatoms. The Hall–Kier alpha value is -0.540. The molecular weight excluding hydrogens is 223 g/mol. The van der Waals surface area contributed by atoms with Gasteiger partial charge in [-0.15, -0.1) is 0 Å². The van der Waals surface area contributed by atoms with Crippen LogP contribution in [0.25, 0.3) is 0 Å². The first-order valence-electron chi connectivity index (χ1n) is 5.63. The summed E-state index contributed by atoms with van der Waals surface area (Å²) in [6.07, 6.45) is 6.97. The number of hydrogen-bond acceptors (Lipinski definition) is 2. The average molecular weight is 246 g/mol. The third kappa shape index (κ3) is 11.5. The zero-order chi connectivity index (χ0) is 12.8. The Morgan fingerprint density at radius 3 is 2.56 bits per heavy atom. The summed E-state index contributed by atoms with van der Waals surface area (Å²) in [6, 6.07) is 0. The van der Waals surface area contributed by atoms with Gasteiger partial charge in [0.05, 0.1) is 6.61 Å². The summed E-state index contributed by atoms with van der Waals surface area (Å²) < 4.78 is 17.8. The second-order valence-electron chi connectivity index (χ2n) is 2.67. The molecule has 0 aromatic heterocycles. The van der Waals surface area contributed by atoms with Crippen LogP contribution in [0.3, 0.4) is 0 Å². The van der Waals surface area contributed by atoms with Crippen LogP contribution in [0.4, 0.5) is 4.39 Å². The Bertz CT molecular complexity index is 212. The van der Waals surface area contributed by atoms with E-state index in [9.17, 15) is 4.39 Å². The van der Waals surface area contributed by atoms with E-state index in [4.69, 9.17) is 4.18 Å². The summed E-state index contributed by atoms with van der Waals surface area (Å²) in [6.45, 7) is 11.5. The van der Waals surface area contributed by atoms with Crippen molar-refractivity contribution in [3.63, 3.8) is 0 Å². The molecule has 0 N–H and O–H groups in total. The Morgan fingerprint density at radius 1 is 1.50 bits per heavy atom. The van der Waals surface area contributed by atoms with Gasteiger partial charge in [0.25, 0.3) is 0 Å². The lowest BCUT2D eigenvalue weighted by atomic mass is 10.3. The van der Waals surface area contributed by atoms with Crippen LogP contribution in [0.5, 0.6) is 0 Å². The molecule has 0 aliphatic carbocycles. The van der Waals surface area contributed by atoms with Gasteiger partial charge in [-0.2, -0.15) is 0 Å². The minimum absolute atomic E-state index is 0.127. The topological polar surface area (TPSA) is 9.23 Å². The van der Waals surface area contributed by atoms with Gasteiger partial charge in [-0.3, -0.25) is 0 Å². The summed E-state index contributed by atoms with van der Waals surface area (Å²) in [5, 5.41) is 0. The quantitative estimate of drug-likeness (QED) is 0.458. The molecule has 0 fully saturated rings. The van der Waals surface area contributed by atoms with Crippen molar-refractivity contribution in [3.8, 4) is 0 Å². The number of alkyl halides is 1. The van der Waals surface area contributed by atoms with Crippen LogP contribution in [0.1, 0.15) is 34.1 Å². The van der Waals surface area contributed by atoms with Gasteiger partial charge in [0.15, 0.2) is 0 Å². The molecule has 0 amide bonds. The maximum atomic E-state index is 12.7. The molecule has 0 aromatic rings. The van der Waals surface area contributed by atoms with Crippen molar-refractivity contribution < 1.29 is 8.57 Å². The highest BCUT2D eigenvalue weighted by molar-refractivity contribution is 7.98. The molecule has 1 atom stereocenters. The van der Waals surface area contributed by atoms with E-state index in [1.165, 1.54) is 0 Å². The van der Waals surface area contributed by atoms with E-state index in [1.807, 2.05) is 39.0 Å². The highest BCUT2D eigenvalue weighted by Gasteiger charge is 2.03. The summed E-state index contributed by atoms with van der Waals surface area (Å²) in [5.74, 6) is 0. The maximum Gasteiger partial charge on any atom is 0.124 e. The minimum Gasteiger partial charge on any atom is -0.307 e. The fourth-order valence-corrected chi connectivity index (χ4v) is 1.17. The molecular formula is C13H23FOS. The first-order valence-corrected chi connectivity index (χ1v) is 6.37. The fraction of sp³-hybridized carbons (Fsp3) is 0.538. The SMILES string of the molecule is C=C/C(=C\C=C/C)SOCC(F)CC.CC. The number of rotatable bonds is 7. The summed E-state index contributed by atoms with van der Waals surface area (Å²) in [5.41, 5.74) is 0. The van der Waals surface area contributed by atoms with Gasteiger partial charge < -0.3 is 4.18 Å². The molecule has 0 spiro atoms.